The highest BCUT2D eigenvalue weighted by atomic mass is 16.7. The molecule has 2 rings (SSSR count). The lowest BCUT2D eigenvalue weighted by Crippen LogP contribution is -2.28. The third-order valence-electron chi connectivity index (χ3n) is 5.17. The molecule has 0 bridgehead atoms. The van der Waals surface area contributed by atoms with E-state index in [1.807, 2.05) is 12.2 Å². The zero-order chi connectivity index (χ0) is 18.8. The van der Waals surface area contributed by atoms with E-state index in [1.165, 1.54) is 12.8 Å². The van der Waals surface area contributed by atoms with Crippen molar-refractivity contribution >= 4 is 11.8 Å². The molecule has 5 nitrogen and oxygen atoms in total. The van der Waals surface area contributed by atoms with Crippen LogP contribution in [0.3, 0.4) is 0 Å². The van der Waals surface area contributed by atoms with Crippen LogP contribution in [0.2, 0.25) is 0 Å². The fourth-order valence-corrected chi connectivity index (χ4v) is 3.70. The van der Waals surface area contributed by atoms with Gasteiger partial charge >= 0.3 is 5.97 Å². The maximum atomic E-state index is 12.1. The molecule has 0 spiro atoms. The molecule has 1 aliphatic carbocycles. The number of Topliss-reactive ketones (excluding diaryl/α,β-unsaturated/α-hetero) is 1. The Morgan fingerprint density at radius 3 is 2.81 bits per heavy atom. The second kappa shape index (κ2) is 11.5. The van der Waals surface area contributed by atoms with Crippen molar-refractivity contribution in [2.75, 3.05) is 13.2 Å². The summed E-state index contributed by atoms with van der Waals surface area (Å²) in [6, 6.07) is 0. The van der Waals surface area contributed by atoms with E-state index in [4.69, 9.17) is 14.2 Å². The van der Waals surface area contributed by atoms with Gasteiger partial charge in [0.05, 0.1) is 12.7 Å². The van der Waals surface area contributed by atoms with Crippen molar-refractivity contribution in [1.29, 1.82) is 0 Å². The first kappa shape index (κ1) is 21.1. The first-order valence-electron chi connectivity index (χ1n) is 10.3. The van der Waals surface area contributed by atoms with Gasteiger partial charge in [0.25, 0.3) is 0 Å². The van der Waals surface area contributed by atoms with E-state index >= 15 is 0 Å². The number of unbranched alkanes of at least 4 members (excludes halogenated alkanes) is 2. The van der Waals surface area contributed by atoms with Crippen molar-refractivity contribution in [3.05, 3.63) is 12.2 Å². The quantitative estimate of drug-likeness (QED) is 0.251. The summed E-state index contributed by atoms with van der Waals surface area (Å²) in [5.41, 5.74) is 0. The van der Waals surface area contributed by atoms with Gasteiger partial charge in [0.1, 0.15) is 11.7 Å². The summed E-state index contributed by atoms with van der Waals surface area (Å²) in [7, 11) is 0. The minimum Gasteiger partial charge on any atom is -0.465 e. The number of carbonyl (C=O) groups excluding carboxylic acids is 2. The molecule has 0 amide bonds. The molecule has 4 atom stereocenters. The standard InChI is InChI=1S/C21H34O5/c1-3-5-6-9-17(26-19-10-7-8-15-25-19)13-11-16-12-14-18(22)20(16)21(23)24-4-2/h11,13,16-17,19-20H,3-10,12,14-15H2,1-2H3/b13-11+. The Kier molecular flexibility index (Phi) is 9.33. The van der Waals surface area contributed by atoms with Gasteiger partial charge in [-0.3, -0.25) is 9.59 Å². The maximum absolute atomic E-state index is 12.1. The molecule has 1 aliphatic heterocycles. The summed E-state index contributed by atoms with van der Waals surface area (Å²) in [6.45, 7) is 5.02. The highest BCUT2D eigenvalue weighted by molar-refractivity contribution is 6.01. The predicted molar refractivity (Wildman–Crippen MR) is 99.6 cm³/mol. The maximum Gasteiger partial charge on any atom is 0.317 e. The fourth-order valence-electron chi connectivity index (χ4n) is 3.70. The molecular weight excluding hydrogens is 332 g/mol. The second-order valence-electron chi connectivity index (χ2n) is 7.25. The van der Waals surface area contributed by atoms with E-state index in [1.54, 1.807) is 6.92 Å². The van der Waals surface area contributed by atoms with Crippen LogP contribution in [0, 0.1) is 11.8 Å². The normalized spacial score (nSPS) is 27.8. The van der Waals surface area contributed by atoms with E-state index in [2.05, 4.69) is 6.92 Å². The van der Waals surface area contributed by atoms with E-state index < -0.39 is 5.92 Å². The lowest BCUT2D eigenvalue weighted by molar-refractivity contribution is -0.179. The van der Waals surface area contributed by atoms with Gasteiger partial charge in [-0.2, -0.15) is 0 Å². The van der Waals surface area contributed by atoms with Gasteiger partial charge in [0.2, 0.25) is 0 Å². The first-order chi connectivity index (χ1) is 12.7. The summed E-state index contributed by atoms with van der Waals surface area (Å²) in [5, 5.41) is 0. The van der Waals surface area contributed by atoms with Crippen LogP contribution in [0.25, 0.3) is 0 Å². The van der Waals surface area contributed by atoms with Crippen molar-refractivity contribution in [2.24, 2.45) is 11.8 Å². The Hall–Kier alpha value is -1.20. The lowest BCUT2D eigenvalue weighted by atomic mass is 9.94. The first-order valence-corrected chi connectivity index (χ1v) is 10.3. The Balaban J connectivity index is 1.97. The number of hydrogen-bond acceptors (Lipinski definition) is 5. The third-order valence-corrected chi connectivity index (χ3v) is 5.17. The van der Waals surface area contributed by atoms with Crippen LogP contribution < -0.4 is 0 Å². The monoisotopic (exact) mass is 366 g/mol. The van der Waals surface area contributed by atoms with E-state index in [9.17, 15) is 9.59 Å². The third kappa shape index (κ3) is 6.51. The Morgan fingerprint density at radius 2 is 2.12 bits per heavy atom. The van der Waals surface area contributed by atoms with Crippen LogP contribution in [0.5, 0.6) is 0 Å². The summed E-state index contributed by atoms with van der Waals surface area (Å²) in [4.78, 5) is 24.2. The number of rotatable bonds is 10. The van der Waals surface area contributed by atoms with Gasteiger partial charge in [-0.1, -0.05) is 38.3 Å². The molecule has 2 fully saturated rings. The van der Waals surface area contributed by atoms with Crippen LogP contribution in [0.1, 0.15) is 71.6 Å². The molecule has 0 aromatic rings. The minimum absolute atomic E-state index is 0.00262. The molecule has 0 aromatic carbocycles. The molecule has 5 heteroatoms. The largest absolute Gasteiger partial charge is 0.465 e. The lowest BCUT2D eigenvalue weighted by Gasteiger charge is -2.27. The molecule has 4 unspecified atom stereocenters. The van der Waals surface area contributed by atoms with Crippen LogP contribution in [-0.4, -0.2) is 37.4 Å². The van der Waals surface area contributed by atoms with E-state index in [0.29, 0.717) is 19.4 Å². The Bertz CT molecular complexity index is 467. The summed E-state index contributed by atoms with van der Waals surface area (Å²) < 4.78 is 17.0. The van der Waals surface area contributed by atoms with E-state index in [-0.39, 0.29) is 30.1 Å². The minimum atomic E-state index is -0.645. The van der Waals surface area contributed by atoms with Crippen LogP contribution in [0.15, 0.2) is 12.2 Å². The zero-order valence-electron chi connectivity index (χ0n) is 16.3. The van der Waals surface area contributed by atoms with Crippen molar-refractivity contribution in [1.82, 2.24) is 0 Å². The zero-order valence-corrected chi connectivity index (χ0v) is 16.3. The number of ketones is 1. The van der Waals surface area contributed by atoms with Crippen LogP contribution in [0.4, 0.5) is 0 Å². The summed E-state index contributed by atoms with van der Waals surface area (Å²) in [6.07, 6.45) is 12.6. The van der Waals surface area contributed by atoms with Gasteiger partial charge in [-0.15, -0.1) is 0 Å². The molecule has 0 aromatic heterocycles. The van der Waals surface area contributed by atoms with Crippen molar-refractivity contribution in [3.8, 4) is 0 Å². The molecule has 1 saturated carbocycles. The van der Waals surface area contributed by atoms with Gasteiger partial charge in [0.15, 0.2) is 6.29 Å². The fraction of sp³-hybridized carbons (Fsp3) is 0.810. The Labute approximate surface area is 157 Å². The van der Waals surface area contributed by atoms with E-state index in [0.717, 1.165) is 38.7 Å². The smallest absolute Gasteiger partial charge is 0.317 e. The number of allylic oxidation sites excluding steroid dienone is 1. The molecule has 26 heavy (non-hydrogen) atoms. The average molecular weight is 366 g/mol. The van der Waals surface area contributed by atoms with Gasteiger partial charge in [-0.25, -0.2) is 0 Å². The molecule has 148 valence electrons. The molecule has 2 aliphatic rings. The SMILES string of the molecule is CCCCCC(/C=C/C1CCC(=O)C1C(=O)OCC)OC1CCCCO1. The Morgan fingerprint density at radius 1 is 1.27 bits per heavy atom. The number of hydrogen-bond donors (Lipinski definition) is 0. The number of carbonyl (C=O) groups is 2. The highest BCUT2D eigenvalue weighted by Gasteiger charge is 2.39. The van der Waals surface area contributed by atoms with Crippen LogP contribution >= 0.6 is 0 Å². The van der Waals surface area contributed by atoms with Gasteiger partial charge in [-0.05, 0) is 44.9 Å². The van der Waals surface area contributed by atoms with Crippen LogP contribution in [-0.2, 0) is 23.8 Å². The molecule has 1 heterocycles. The van der Waals surface area contributed by atoms with Crippen molar-refractivity contribution in [3.63, 3.8) is 0 Å². The molecule has 1 saturated heterocycles. The number of ether oxygens (including phenoxy) is 3. The molecule has 0 N–H and O–H groups in total. The van der Waals surface area contributed by atoms with Gasteiger partial charge < -0.3 is 14.2 Å². The van der Waals surface area contributed by atoms with Crippen molar-refractivity contribution in [2.45, 2.75) is 84.0 Å². The van der Waals surface area contributed by atoms with Crippen molar-refractivity contribution < 1.29 is 23.8 Å². The summed E-state index contributed by atoms with van der Waals surface area (Å²) >= 11 is 0. The molecule has 0 radical (unpaired) electrons. The molecular formula is C21H34O5. The average Bonchev–Trinajstić information content (AvgIpc) is 3.01. The topological polar surface area (TPSA) is 61.8 Å². The highest BCUT2D eigenvalue weighted by Crippen LogP contribution is 2.31. The number of esters is 1. The second-order valence-corrected chi connectivity index (χ2v) is 7.25. The van der Waals surface area contributed by atoms with Gasteiger partial charge in [0, 0.05) is 13.0 Å². The summed E-state index contributed by atoms with van der Waals surface area (Å²) in [5.74, 6) is -1.11. The predicted octanol–water partition coefficient (Wildman–Crippen LogP) is 4.19.